The Balaban J connectivity index is 2.04. The van der Waals surface area contributed by atoms with E-state index in [1.807, 2.05) is 0 Å². The van der Waals surface area contributed by atoms with Crippen molar-refractivity contribution < 1.29 is 0 Å². The molecule has 1 N–H and O–H groups in total. The number of hydrogen-bond donors (Lipinski definition) is 1. The van der Waals surface area contributed by atoms with Gasteiger partial charge in [-0.15, -0.1) is 0 Å². The minimum Gasteiger partial charge on any atom is -0.360 e. The highest BCUT2D eigenvalue weighted by molar-refractivity contribution is 5.42. The second-order valence-electron chi connectivity index (χ2n) is 5.61. The van der Waals surface area contributed by atoms with Gasteiger partial charge in [-0.1, -0.05) is 20.3 Å². The molecule has 1 heterocycles. The molecular weight excluding hydrogens is 234 g/mol. The Morgan fingerprint density at radius 3 is 2.74 bits per heavy atom. The minimum absolute atomic E-state index is 0.763. The molecule has 1 fully saturated rings. The van der Waals surface area contributed by atoms with Crippen LogP contribution in [0.3, 0.4) is 0 Å². The minimum atomic E-state index is 0.763. The fourth-order valence-electron chi connectivity index (χ4n) is 2.17. The average molecular weight is 261 g/mol. The van der Waals surface area contributed by atoms with Gasteiger partial charge < -0.3 is 10.2 Å². The lowest BCUT2D eigenvalue weighted by atomic mass is 10.2. The predicted molar refractivity (Wildman–Crippen MR) is 81.7 cm³/mol. The van der Waals surface area contributed by atoms with Gasteiger partial charge in [0, 0.05) is 31.9 Å². The average Bonchev–Trinajstić information content (AvgIpc) is 3.26. The fourth-order valence-corrected chi connectivity index (χ4v) is 2.17. The molecule has 0 unspecified atom stereocenters. The van der Waals surface area contributed by atoms with E-state index in [1.165, 1.54) is 36.9 Å². The first-order valence-corrected chi connectivity index (χ1v) is 7.67. The van der Waals surface area contributed by atoms with E-state index in [-0.39, 0.29) is 0 Å². The van der Waals surface area contributed by atoms with Crippen molar-refractivity contribution in [1.29, 1.82) is 0 Å². The molecular formula is C16H27N3. The highest BCUT2D eigenvalue weighted by Crippen LogP contribution is 2.20. The van der Waals surface area contributed by atoms with Crippen LogP contribution in [0.15, 0.2) is 12.1 Å². The van der Waals surface area contributed by atoms with E-state index < -0.39 is 0 Å². The summed E-state index contributed by atoms with van der Waals surface area (Å²) in [6.07, 6.45) is 6.15. The molecule has 3 heteroatoms. The monoisotopic (exact) mass is 261 g/mol. The maximum absolute atomic E-state index is 4.75. The second-order valence-corrected chi connectivity index (χ2v) is 5.61. The third-order valence-corrected chi connectivity index (χ3v) is 3.70. The molecule has 1 aromatic rings. The number of aromatic nitrogens is 1. The van der Waals surface area contributed by atoms with Crippen LogP contribution in [-0.2, 0) is 13.0 Å². The number of nitrogens with zero attached hydrogens (tertiary/aromatic N) is 2. The largest absolute Gasteiger partial charge is 0.360 e. The standard InChI is InChI=1S/C16H27N3/c1-4-6-9-19(3)16-11-13(10-14(5-2)18-16)12-17-15-7-8-15/h10-11,15,17H,4-9,12H2,1-3H3. The van der Waals surface area contributed by atoms with E-state index in [9.17, 15) is 0 Å². The summed E-state index contributed by atoms with van der Waals surface area (Å²) in [6.45, 7) is 6.48. The molecule has 1 aromatic heterocycles. The van der Waals surface area contributed by atoms with Gasteiger partial charge in [0.25, 0.3) is 0 Å². The summed E-state index contributed by atoms with van der Waals surface area (Å²) in [5.41, 5.74) is 2.57. The molecule has 0 spiro atoms. The van der Waals surface area contributed by atoms with Crippen LogP contribution < -0.4 is 10.2 Å². The Hall–Kier alpha value is -1.09. The van der Waals surface area contributed by atoms with E-state index in [1.54, 1.807) is 0 Å². The molecule has 1 saturated carbocycles. The first-order chi connectivity index (χ1) is 9.22. The van der Waals surface area contributed by atoms with Crippen molar-refractivity contribution >= 4 is 5.82 Å². The van der Waals surface area contributed by atoms with Crippen LogP contribution in [-0.4, -0.2) is 24.6 Å². The highest BCUT2D eigenvalue weighted by atomic mass is 15.2. The Bertz CT molecular complexity index is 399. The zero-order valence-corrected chi connectivity index (χ0v) is 12.6. The van der Waals surface area contributed by atoms with Gasteiger partial charge in [-0.05, 0) is 43.4 Å². The number of unbranched alkanes of at least 4 members (excludes halogenated alkanes) is 1. The molecule has 0 aromatic carbocycles. The number of rotatable bonds is 8. The third-order valence-electron chi connectivity index (χ3n) is 3.70. The zero-order valence-electron chi connectivity index (χ0n) is 12.6. The molecule has 0 aliphatic heterocycles. The van der Waals surface area contributed by atoms with E-state index in [2.05, 4.69) is 43.2 Å². The van der Waals surface area contributed by atoms with Crippen LogP contribution in [0.4, 0.5) is 5.82 Å². The van der Waals surface area contributed by atoms with Crippen molar-refractivity contribution in [1.82, 2.24) is 10.3 Å². The van der Waals surface area contributed by atoms with Crippen LogP contribution in [0.5, 0.6) is 0 Å². The van der Waals surface area contributed by atoms with E-state index in [0.717, 1.165) is 31.4 Å². The molecule has 1 aliphatic carbocycles. The van der Waals surface area contributed by atoms with Gasteiger partial charge in [0.05, 0.1) is 0 Å². The molecule has 0 atom stereocenters. The van der Waals surface area contributed by atoms with Crippen LogP contribution in [0.25, 0.3) is 0 Å². The molecule has 0 radical (unpaired) electrons. The Kier molecular flexibility index (Phi) is 5.20. The first kappa shape index (κ1) is 14.3. The molecule has 1 aliphatic rings. The Labute approximate surface area is 117 Å². The molecule has 106 valence electrons. The maximum atomic E-state index is 4.75. The lowest BCUT2D eigenvalue weighted by Gasteiger charge is -2.19. The van der Waals surface area contributed by atoms with Crippen molar-refractivity contribution in [2.75, 3.05) is 18.5 Å². The summed E-state index contributed by atoms with van der Waals surface area (Å²) in [7, 11) is 2.15. The molecule has 2 rings (SSSR count). The fraction of sp³-hybridized carbons (Fsp3) is 0.688. The highest BCUT2D eigenvalue weighted by Gasteiger charge is 2.20. The van der Waals surface area contributed by atoms with Gasteiger partial charge in [0.1, 0.15) is 5.82 Å². The van der Waals surface area contributed by atoms with E-state index >= 15 is 0 Å². The van der Waals surface area contributed by atoms with Crippen molar-refractivity contribution in [3.05, 3.63) is 23.4 Å². The predicted octanol–water partition coefficient (Wildman–Crippen LogP) is 3.13. The van der Waals surface area contributed by atoms with E-state index in [4.69, 9.17) is 4.98 Å². The van der Waals surface area contributed by atoms with Crippen molar-refractivity contribution in [3.63, 3.8) is 0 Å². The van der Waals surface area contributed by atoms with Gasteiger partial charge in [0.15, 0.2) is 0 Å². The summed E-state index contributed by atoms with van der Waals surface area (Å²) in [4.78, 5) is 7.03. The van der Waals surface area contributed by atoms with Crippen LogP contribution in [0, 0.1) is 0 Å². The van der Waals surface area contributed by atoms with Gasteiger partial charge >= 0.3 is 0 Å². The number of pyridine rings is 1. The molecule has 0 saturated heterocycles. The van der Waals surface area contributed by atoms with Crippen LogP contribution >= 0.6 is 0 Å². The summed E-state index contributed by atoms with van der Waals surface area (Å²) in [6, 6.07) is 5.25. The SMILES string of the molecule is CCCCN(C)c1cc(CNC2CC2)cc(CC)n1. The number of hydrogen-bond acceptors (Lipinski definition) is 3. The second kappa shape index (κ2) is 6.90. The van der Waals surface area contributed by atoms with Gasteiger partial charge in [0.2, 0.25) is 0 Å². The lowest BCUT2D eigenvalue weighted by Crippen LogP contribution is -2.21. The zero-order chi connectivity index (χ0) is 13.7. The Morgan fingerprint density at radius 2 is 2.11 bits per heavy atom. The molecule has 3 nitrogen and oxygen atoms in total. The van der Waals surface area contributed by atoms with Gasteiger partial charge in [-0.25, -0.2) is 4.98 Å². The van der Waals surface area contributed by atoms with Crippen molar-refractivity contribution in [2.45, 2.75) is 58.5 Å². The number of aryl methyl sites for hydroxylation is 1. The smallest absolute Gasteiger partial charge is 0.128 e. The van der Waals surface area contributed by atoms with Crippen LogP contribution in [0.2, 0.25) is 0 Å². The lowest BCUT2D eigenvalue weighted by molar-refractivity contribution is 0.684. The number of anilines is 1. The first-order valence-electron chi connectivity index (χ1n) is 7.67. The summed E-state index contributed by atoms with van der Waals surface area (Å²) in [5, 5.41) is 3.59. The Morgan fingerprint density at radius 1 is 1.32 bits per heavy atom. The van der Waals surface area contributed by atoms with Gasteiger partial charge in [-0.3, -0.25) is 0 Å². The molecule has 0 amide bonds. The molecule has 0 bridgehead atoms. The third kappa shape index (κ3) is 4.50. The summed E-state index contributed by atoms with van der Waals surface area (Å²) in [5.74, 6) is 1.13. The number of nitrogens with one attached hydrogen (secondary N) is 1. The topological polar surface area (TPSA) is 28.2 Å². The quantitative estimate of drug-likeness (QED) is 0.779. The van der Waals surface area contributed by atoms with Gasteiger partial charge in [-0.2, -0.15) is 0 Å². The van der Waals surface area contributed by atoms with Crippen molar-refractivity contribution in [3.8, 4) is 0 Å². The maximum Gasteiger partial charge on any atom is 0.128 e. The normalized spacial score (nSPS) is 14.7. The van der Waals surface area contributed by atoms with Crippen LogP contribution in [0.1, 0.15) is 50.8 Å². The van der Waals surface area contributed by atoms with Crippen molar-refractivity contribution in [2.24, 2.45) is 0 Å². The summed E-state index contributed by atoms with van der Waals surface area (Å²) >= 11 is 0. The molecule has 19 heavy (non-hydrogen) atoms. The summed E-state index contributed by atoms with van der Waals surface area (Å²) < 4.78 is 0. The van der Waals surface area contributed by atoms with E-state index in [0.29, 0.717) is 0 Å².